The van der Waals surface area contributed by atoms with Gasteiger partial charge in [0.25, 0.3) is 5.91 Å². The van der Waals surface area contributed by atoms with E-state index in [1.165, 1.54) is 0 Å². The van der Waals surface area contributed by atoms with Crippen molar-refractivity contribution in [3.8, 4) is 17.0 Å². The molecule has 8 nitrogen and oxygen atoms in total. The quantitative estimate of drug-likeness (QED) is 0.285. The fraction of sp³-hybridized carbons (Fsp3) is 0.500. The number of aromatic nitrogens is 1. The Morgan fingerprint density at radius 1 is 1.12 bits per heavy atom. The van der Waals surface area contributed by atoms with Crippen molar-refractivity contribution in [1.29, 1.82) is 0 Å². The lowest BCUT2D eigenvalue weighted by atomic mass is 9.69. The molecule has 2 N–H and O–H groups in total. The highest BCUT2D eigenvalue weighted by Gasteiger charge is 2.44. The maximum absolute atomic E-state index is 12.9. The van der Waals surface area contributed by atoms with Gasteiger partial charge in [0, 0.05) is 43.2 Å². The van der Waals surface area contributed by atoms with Crippen molar-refractivity contribution < 1.29 is 24.5 Å². The molecular weight excluding hydrogens is 562 g/mol. The summed E-state index contributed by atoms with van der Waals surface area (Å²) in [5.41, 5.74) is 4.66. The molecule has 0 radical (unpaired) electrons. The molecule has 5 rings (SSSR count). The van der Waals surface area contributed by atoms with E-state index >= 15 is 0 Å². The Morgan fingerprint density at radius 2 is 1.84 bits per heavy atom. The monoisotopic (exact) mass is 605 g/mol. The number of carbonyl (C=O) groups excluding carboxylic acids is 1. The van der Waals surface area contributed by atoms with Crippen LogP contribution in [0.1, 0.15) is 66.6 Å². The molecule has 1 aromatic heterocycles. The molecule has 0 unspecified atom stereocenters. The normalized spacial score (nSPS) is 20.1. The van der Waals surface area contributed by atoms with E-state index in [1.54, 1.807) is 37.1 Å². The van der Waals surface area contributed by atoms with Crippen molar-refractivity contribution in [3.05, 3.63) is 64.0 Å². The Kier molecular flexibility index (Phi) is 9.13. The van der Waals surface area contributed by atoms with Crippen LogP contribution in [0.15, 0.2) is 41.8 Å². The van der Waals surface area contributed by atoms with Crippen molar-refractivity contribution in [2.75, 3.05) is 31.6 Å². The minimum absolute atomic E-state index is 0.0733. The number of fused-ring (bicyclic) bond motifs is 2. The number of thiazole rings is 1. The first kappa shape index (κ1) is 31.0. The minimum Gasteiger partial charge on any atom is -0.488 e. The summed E-state index contributed by atoms with van der Waals surface area (Å²) in [6.07, 6.45) is 3.54. The van der Waals surface area contributed by atoms with Crippen molar-refractivity contribution in [3.63, 3.8) is 0 Å². The molecule has 2 bridgehead atoms. The molecular formula is C34H43N3O5S. The number of aryl methyl sites for hydroxylation is 2. The third kappa shape index (κ3) is 7.21. The highest BCUT2D eigenvalue weighted by molar-refractivity contribution is 7.14. The second-order valence-corrected chi connectivity index (χ2v) is 13.8. The summed E-state index contributed by atoms with van der Waals surface area (Å²) in [7, 11) is 1.76. The van der Waals surface area contributed by atoms with Crippen LogP contribution in [0.3, 0.4) is 0 Å². The minimum atomic E-state index is -0.821. The average molecular weight is 606 g/mol. The third-order valence-electron chi connectivity index (χ3n) is 8.91. The number of hydrogen-bond acceptors (Lipinski definition) is 7. The molecule has 1 saturated carbocycles. The molecule has 1 aliphatic heterocycles. The first-order valence-electron chi connectivity index (χ1n) is 15.1. The number of amides is 1. The van der Waals surface area contributed by atoms with Crippen molar-refractivity contribution in [2.24, 2.45) is 17.8 Å². The van der Waals surface area contributed by atoms with Gasteiger partial charge in [0.2, 0.25) is 0 Å². The molecule has 230 valence electrons. The Morgan fingerprint density at radius 3 is 2.49 bits per heavy atom. The van der Waals surface area contributed by atoms with Crippen LogP contribution in [0.4, 0.5) is 5.13 Å². The molecule has 3 atom stereocenters. The predicted molar refractivity (Wildman–Crippen MR) is 170 cm³/mol. The molecule has 1 saturated heterocycles. The van der Waals surface area contributed by atoms with E-state index < -0.39 is 11.6 Å². The van der Waals surface area contributed by atoms with E-state index in [1.807, 2.05) is 37.3 Å². The molecule has 2 aliphatic rings. The number of carboxylic acids is 1. The summed E-state index contributed by atoms with van der Waals surface area (Å²) in [6.45, 7) is 9.84. The Hall–Kier alpha value is -3.43. The van der Waals surface area contributed by atoms with E-state index in [0.717, 1.165) is 71.2 Å². The van der Waals surface area contributed by atoms with Gasteiger partial charge >= 0.3 is 5.97 Å². The van der Waals surface area contributed by atoms with Crippen molar-refractivity contribution in [1.82, 2.24) is 9.88 Å². The van der Waals surface area contributed by atoms with Crippen molar-refractivity contribution >= 4 is 28.3 Å². The number of hydrogen-bond donors (Lipinski definition) is 2. The number of nitrogens with zero attached hydrogens (tertiary/aromatic N) is 3. The number of aliphatic hydroxyl groups is 1. The van der Waals surface area contributed by atoms with Gasteiger partial charge in [-0.25, -0.2) is 4.98 Å². The fourth-order valence-electron chi connectivity index (χ4n) is 6.41. The van der Waals surface area contributed by atoms with Crippen LogP contribution in [-0.4, -0.2) is 64.3 Å². The Labute approximate surface area is 258 Å². The summed E-state index contributed by atoms with van der Waals surface area (Å²) >= 11 is 1.60. The van der Waals surface area contributed by atoms with Gasteiger partial charge in [-0.2, -0.15) is 0 Å². The molecule has 1 aliphatic carbocycles. The van der Waals surface area contributed by atoms with Gasteiger partial charge in [-0.1, -0.05) is 24.1 Å². The van der Waals surface area contributed by atoms with Gasteiger partial charge in [0.15, 0.2) is 5.13 Å². The summed E-state index contributed by atoms with van der Waals surface area (Å²) in [5.74, 6) is 0.130. The van der Waals surface area contributed by atoms with Crippen molar-refractivity contribution in [2.45, 2.75) is 65.6 Å². The lowest BCUT2D eigenvalue weighted by Gasteiger charge is -2.45. The number of rotatable bonds is 10. The zero-order valence-corrected chi connectivity index (χ0v) is 26.6. The molecule has 2 aromatic carbocycles. The predicted octanol–water partition coefficient (Wildman–Crippen LogP) is 6.18. The Bertz CT molecular complexity index is 1460. The first-order chi connectivity index (χ1) is 20.4. The van der Waals surface area contributed by atoms with Crippen LogP contribution in [0.25, 0.3) is 11.3 Å². The number of piperidine rings is 1. The van der Waals surface area contributed by atoms with E-state index in [9.17, 15) is 19.8 Å². The highest BCUT2D eigenvalue weighted by atomic mass is 32.1. The van der Waals surface area contributed by atoms with Crippen LogP contribution in [-0.2, 0) is 11.4 Å². The SMILES string of the molecule is Cc1ccc(OCc2ccc(C(=O)N(C)CCC(C)(C)O)cc2C)c(-c2csc(N3C[C@H]4CCC[C@@H](C3)[C@H]4C(=O)O)n2)c1. The fourth-order valence-corrected chi connectivity index (χ4v) is 7.25. The maximum Gasteiger partial charge on any atom is 0.307 e. The van der Waals surface area contributed by atoms with E-state index in [-0.39, 0.29) is 23.7 Å². The second kappa shape index (κ2) is 12.7. The average Bonchev–Trinajstić information content (AvgIpc) is 3.44. The molecule has 9 heteroatoms. The summed E-state index contributed by atoms with van der Waals surface area (Å²) in [4.78, 5) is 33.8. The molecule has 3 aromatic rings. The van der Waals surface area contributed by atoms with Gasteiger partial charge < -0.3 is 24.7 Å². The standard InChI is InChI=1S/C34H43N3O5S/c1-21-9-12-29(42-19-26-11-10-23(16-22(26)2)31(38)36(5)14-13-34(3,4)41)27(15-21)28-20-43-33(35-28)37-17-24-7-6-8-25(18-37)30(24)32(39)40/h9-12,15-16,20,24-25,30,41H,6-8,13-14,17-19H2,1-5H3,(H,39,40)/t24-,25+,30+. The van der Waals surface area contributed by atoms with Gasteiger partial charge in [-0.3, -0.25) is 9.59 Å². The topological polar surface area (TPSA) is 103 Å². The zero-order valence-electron chi connectivity index (χ0n) is 25.8. The zero-order chi connectivity index (χ0) is 30.9. The number of carbonyl (C=O) groups is 2. The largest absolute Gasteiger partial charge is 0.488 e. The van der Waals surface area contributed by atoms with Crippen LogP contribution >= 0.6 is 11.3 Å². The van der Waals surface area contributed by atoms with E-state index in [4.69, 9.17) is 9.72 Å². The van der Waals surface area contributed by atoms with Gasteiger partial charge in [-0.15, -0.1) is 11.3 Å². The number of anilines is 1. The third-order valence-corrected chi connectivity index (χ3v) is 9.81. The van der Waals surface area contributed by atoms with E-state index in [0.29, 0.717) is 25.1 Å². The summed E-state index contributed by atoms with van der Waals surface area (Å²) < 4.78 is 6.36. The number of ether oxygens (including phenoxy) is 1. The number of carboxylic acid groups (broad SMARTS) is 1. The molecule has 1 amide bonds. The molecule has 0 spiro atoms. The molecule has 43 heavy (non-hydrogen) atoms. The molecule has 2 fully saturated rings. The number of aliphatic carboxylic acids is 1. The van der Waals surface area contributed by atoms with E-state index in [2.05, 4.69) is 23.3 Å². The van der Waals surface area contributed by atoms with Gasteiger partial charge in [-0.05, 0) is 94.2 Å². The lowest BCUT2D eigenvalue weighted by molar-refractivity contribution is -0.148. The van der Waals surface area contributed by atoms with Crippen LogP contribution < -0.4 is 9.64 Å². The first-order valence-corrected chi connectivity index (χ1v) is 16.0. The number of benzene rings is 2. The van der Waals surface area contributed by atoms with Crippen LogP contribution in [0.2, 0.25) is 0 Å². The van der Waals surface area contributed by atoms with Crippen LogP contribution in [0.5, 0.6) is 5.75 Å². The van der Waals surface area contributed by atoms with Crippen LogP contribution in [0, 0.1) is 31.6 Å². The molecule has 2 heterocycles. The smallest absolute Gasteiger partial charge is 0.307 e. The Balaban J connectivity index is 1.28. The van der Waals surface area contributed by atoms with Gasteiger partial charge in [0.05, 0.1) is 17.2 Å². The van der Waals surface area contributed by atoms with Gasteiger partial charge in [0.1, 0.15) is 12.4 Å². The highest BCUT2D eigenvalue weighted by Crippen LogP contribution is 2.43. The maximum atomic E-state index is 12.9. The summed E-state index contributed by atoms with van der Waals surface area (Å²) in [6, 6.07) is 11.8. The summed E-state index contributed by atoms with van der Waals surface area (Å²) in [5, 5.41) is 22.8. The lowest BCUT2D eigenvalue weighted by Crippen LogP contribution is -2.51. The second-order valence-electron chi connectivity index (χ2n) is 13.0.